The van der Waals surface area contributed by atoms with Gasteiger partial charge < -0.3 is 4.74 Å². The molecule has 1 aliphatic rings. The molecule has 0 aromatic heterocycles. The smallest absolute Gasteiger partial charge is 0.299 e. The third-order valence-corrected chi connectivity index (χ3v) is 3.66. The summed E-state index contributed by atoms with van der Waals surface area (Å²) in [4.78, 5) is 0.167. The van der Waals surface area contributed by atoms with Crippen molar-refractivity contribution in [2.24, 2.45) is 0 Å². The van der Waals surface area contributed by atoms with Crippen molar-refractivity contribution in [1.82, 2.24) is 0 Å². The van der Waals surface area contributed by atoms with Crippen molar-refractivity contribution in [3.63, 3.8) is 0 Å². The maximum Gasteiger partial charge on any atom is 0.299 e. The normalized spacial score (nSPS) is 24.3. The van der Waals surface area contributed by atoms with Gasteiger partial charge in [-0.25, -0.2) is 4.18 Å². The molecular formula is C11H14O4S. The molecule has 0 amide bonds. The zero-order chi connectivity index (χ0) is 11.6. The highest BCUT2D eigenvalue weighted by atomic mass is 32.2. The van der Waals surface area contributed by atoms with Gasteiger partial charge in [-0.3, -0.25) is 0 Å². The van der Waals surface area contributed by atoms with Crippen LogP contribution in [0, 0.1) is 0 Å². The fraction of sp³-hybridized carbons (Fsp3) is 0.455. The monoisotopic (exact) mass is 242 g/mol. The van der Waals surface area contributed by atoms with Gasteiger partial charge in [-0.15, -0.1) is 0 Å². The first-order chi connectivity index (χ1) is 7.63. The molecule has 0 aliphatic carbocycles. The number of hydrogen-bond donors (Lipinski definition) is 0. The van der Waals surface area contributed by atoms with Gasteiger partial charge in [-0.05, 0) is 18.6 Å². The van der Waals surface area contributed by atoms with Crippen LogP contribution >= 0.6 is 0 Å². The zero-order valence-electron chi connectivity index (χ0n) is 9.00. The van der Waals surface area contributed by atoms with Gasteiger partial charge >= 0.3 is 0 Å². The summed E-state index contributed by atoms with van der Waals surface area (Å²) in [6.07, 6.45) is 1.12. The molecule has 0 saturated carbocycles. The lowest BCUT2D eigenvalue weighted by Crippen LogP contribution is -2.10. The SMILES string of the molecule is CCCC1O[C@@H]1OS(=O)(=O)c1ccccc1. The molecule has 0 N–H and O–H groups in total. The highest BCUT2D eigenvalue weighted by molar-refractivity contribution is 7.86. The van der Waals surface area contributed by atoms with Gasteiger partial charge in [0.2, 0.25) is 6.29 Å². The molecule has 1 fully saturated rings. The number of epoxide rings is 1. The summed E-state index contributed by atoms with van der Waals surface area (Å²) in [5, 5.41) is 0. The van der Waals surface area contributed by atoms with Crippen LogP contribution in [-0.2, 0) is 19.0 Å². The molecular weight excluding hydrogens is 228 g/mol. The van der Waals surface area contributed by atoms with Crippen LogP contribution in [0.25, 0.3) is 0 Å². The van der Waals surface area contributed by atoms with E-state index in [9.17, 15) is 8.42 Å². The molecule has 2 atom stereocenters. The quantitative estimate of drug-likeness (QED) is 0.584. The van der Waals surface area contributed by atoms with Crippen LogP contribution in [0.15, 0.2) is 35.2 Å². The molecule has 4 nitrogen and oxygen atoms in total. The minimum atomic E-state index is -3.67. The molecule has 1 heterocycles. The van der Waals surface area contributed by atoms with Gasteiger partial charge in [-0.2, -0.15) is 8.42 Å². The van der Waals surface area contributed by atoms with E-state index in [0.717, 1.165) is 12.8 Å². The van der Waals surface area contributed by atoms with E-state index in [2.05, 4.69) is 0 Å². The summed E-state index contributed by atoms with van der Waals surface area (Å²) in [5.41, 5.74) is 0. The van der Waals surface area contributed by atoms with E-state index in [0.29, 0.717) is 0 Å². The fourth-order valence-corrected chi connectivity index (χ4v) is 2.49. The Morgan fingerprint density at radius 1 is 1.31 bits per heavy atom. The average molecular weight is 242 g/mol. The second kappa shape index (κ2) is 4.53. The Morgan fingerprint density at radius 3 is 2.62 bits per heavy atom. The maximum absolute atomic E-state index is 11.7. The zero-order valence-corrected chi connectivity index (χ0v) is 9.81. The summed E-state index contributed by atoms with van der Waals surface area (Å²) in [6.45, 7) is 2.02. The molecule has 1 saturated heterocycles. The van der Waals surface area contributed by atoms with Crippen LogP contribution < -0.4 is 0 Å². The van der Waals surface area contributed by atoms with E-state index in [4.69, 9.17) is 8.92 Å². The second-order valence-corrected chi connectivity index (χ2v) is 5.27. The van der Waals surface area contributed by atoms with Crippen LogP contribution in [0.4, 0.5) is 0 Å². The Morgan fingerprint density at radius 2 is 2.00 bits per heavy atom. The molecule has 5 heteroatoms. The third-order valence-electron chi connectivity index (χ3n) is 2.36. The Kier molecular flexibility index (Phi) is 3.28. The van der Waals surface area contributed by atoms with Crippen molar-refractivity contribution in [2.45, 2.75) is 37.1 Å². The highest BCUT2D eigenvalue weighted by Gasteiger charge is 2.43. The van der Waals surface area contributed by atoms with Crippen molar-refractivity contribution in [1.29, 1.82) is 0 Å². The van der Waals surface area contributed by atoms with Crippen molar-refractivity contribution >= 4 is 10.1 Å². The number of rotatable bonds is 5. The first-order valence-corrected chi connectivity index (χ1v) is 6.68. The summed E-state index contributed by atoms with van der Waals surface area (Å²) in [6, 6.07) is 8.09. The van der Waals surface area contributed by atoms with Gasteiger partial charge in [0, 0.05) is 0 Å². The molecule has 1 aromatic carbocycles. The molecule has 1 unspecified atom stereocenters. The Labute approximate surface area is 95.3 Å². The van der Waals surface area contributed by atoms with Gasteiger partial charge in [-0.1, -0.05) is 31.5 Å². The Bertz CT molecular complexity index is 440. The van der Waals surface area contributed by atoms with Gasteiger partial charge in [0.1, 0.15) is 6.10 Å². The van der Waals surface area contributed by atoms with Crippen LogP contribution in [-0.4, -0.2) is 20.8 Å². The van der Waals surface area contributed by atoms with E-state index in [-0.39, 0.29) is 11.0 Å². The van der Waals surface area contributed by atoms with Gasteiger partial charge in [0.15, 0.2) is 0 Å². The molecule has 0 spiro atoms. The predicted octanol–water partition coefficient (Wildman–Crippen LogP) is 1.92. The molecule has 0 bridgehead atoms. The third kappa shape index (κ3) is 2.61. The molecule has 1 aliphatic heterocycles. The van der Waals surface area contributed by atoms with Crippen molar-refractivity contribution in [3.05, 3.63) is 30.3 Å². The van der Waals surface area contributed by atoms with Crippen molar-refractivity contribution < 1.29 is 17.3 Å². The Balaban J connectivity index is 2.00. The lowest BCUT2D eigenvalue weighted by atomic mass is 10.3. The minimum Gasteiger partial charge on any atom is -0.340 e. The van der Waals surface area contributed by atoms with E-state index in [1.807, 2.05) is 6.92 Å². The van der Waals surface area contributed by atoms with Crippen LogP contribution in [0.3, 0.4) is 0 Å². The van der Waals surface area contributed by atoms with Crippen LogP contribution in [0.5, 0.6) is 0 Å². The average Bonchev–Trinajstić information content (AvgIpc) is 2.97. The number of ether oxygens (including phenoxy) is 1. The van der Waals surface area contributed by atoms with Gasteiger partial charge in [0.05, 0.1) is 4.90 Å². The largest absolute Gasteiger partial charge is 0.340 e. The standard InChI is InChI=1S/C11H14O4S/c1-2-6-10-11(14-10)15-16(12,13)9-7-4-3-5-8-9/h3-5,7-8,10-11H,2,6H2,1H3/t10?,11-/m1/s1. The molecule has 1 aromatic rings. The summed E-state index contributed by atoms with van der Waals surface area (Å²) >= 11 is 0. The summed E-state index contributed by atoms with van der Waals surface area (Å²) in [7, 11) is -3.67. The van der Waals surface area contributed by atoms with E-state index >= 15 is 0 Å². The lowest BCUT2D eigenvalue weighted by Gasteiger charge is -2.02. The van der Waals surface area contributed by atoms with E-state index in [1.165, 1.54) is 12.1 Å². The van der Waals surface area contributed by atoms with Gasteiger partial charge in [0.25, 0.3) is 10.1 Å². The highest BCUT2D eigenvalue weighted by Crippen LogP contribution is 2.30. The summed E-state index contributed by atoms with van der Waals surface area (Å²) in [5.74, 6) is 0. The number of hydrogen-bond acceptors (Lipinski definition) is 4. The fourth-order valence-electron chi connectivity index (χ4n) is 1.47. The molecule has 0 radical (unpaired) electrons. The molecule has 16 heavy (non-hydrogen) atoms. The topological polar surface area (TPSA) is 55.9 Å². The first kappa shape index (κ1) is 11.6. The summed E-state index contributed by atoms with van der Waals surface area (Å²) < 4.78 is 33.5. The maximum atomic E-state index is 11.7. The first-order valence-electron chi connectivity index (χ1n) is 5.27. The lowest BCUT2D eigenvalue weighted by molar-refractivity contribution is 0.185. The predicted molar refractivity (Wildman–Crippen MR) is 58.3 cm³/mol. The van der Waals surface area contributed by atoms with Crippen LogP contribution in [0.2, 0.25) is 0 Å². The van der Waals surface area contributed by atoms with Crippen molar-refractivity contribution in [2.75, 3.05) is 0 Å². The van der Waals surface area contributed by atoms with Crippen molar-refractivity contribution in [3.8, 4) is 0 Å². The van der Waals surface area contributed by atoms with E-state index < -0.39 is 16.4 Å². The molecule has 88 valence electrons. The second-order valence-electron chi connectivity index (χ2n) is 3.70. The van der Waals surface area contributed by atoms with E-state index in [1.54, 1.807) is 18.2 Å². The number of benzene rings is 1. The van der Waals surface area contributed by atoms with Crippen LogP contribution in [0.1, 0.15) is 19.8 Å². The minimum absolute atomic E-state index is 0.0662. The Hall–Kier alpha value is -0.910. The molecule has 2 rings (SSSR count).